The molecular formula is C13H19NO4S. The van der Waals surface area contributed by atoms with E-state index >= 15 is 0 Å². The molecule has 5 nitrogen and oxygen atoms in total. The molecule has 0 aromatic heterocycles. The molecule has 106 valence electrons. The predicted molar refractivity (Wildman–Crippen MR) is 73.8 cm³/mol. The molecule has 0 aliphatic heterocycles. The van der Waals surface area contributed by atoms with Crippen molar-refractivity contribution in [3.05, 3.63) is 24.3 Å². The van der Waals surface area contributed by atoms with Crippen LogP contribution in [0.15, 0.2) is 29.2 Å². The van der Waals surface area contributed by atoms with Crippen LogP contribution in [0.2, 0.25) is 0 Å². The highest BCUT2D eigenvalue weighted by atomic mass is 32.2. The van der Waals surface area contributed by atoms with E-state index in [9.17, 15) is 17.8 Å². The van der Waals surface area contributed by atoms with Gasteiger partial charge < -0.3 is 4.90 Å². The summed E-state index contributed by atoms with van der Waals surface area (Å²) in [6.07, 6.45) is 2.75. The Morgan fingerprint density at radius 1 is 1.26 bits per heavy atom. The minimum absolute atomic E-state index is 0.230. The zero-order chi connectivity index (χ0) is 14.5. The molecule has 0 saturated carbocycles. The Kier molecular flexibility index (Phi) is 5.50. The van der Waals surface area contributed by atoms with Gasteiger partial charge in [0.05, 0.1) is 5.69 Å². The summed E-state index contributed by atoms with van der Waals surface area (Å²) in [5.41, 5.74) is 0.230. The third-order valence-electron chi connectivity index (χ3n) is 2.80. The Morgan fingerprint density at radius 3 is 2.42 bits per heavy atom. The molecule has 0 heterocycles. The first-order valence-corrected chi connectivity index (χ1v) is 7.66. The molecular weight excluding hydrogens is 266 g/mol. The Bertz CT molecular complexity index is 539. The maximum atomic E-state index is 11.7. The predicted octanol–water partition coefficient (Wildman–Crippen LogP) is 2.48. The monoisotopic (exact) mass is 285 g/mol. The van der Waals surface area contributed by atoms with Gasteiger partial charge in [-0.25, -0.2) is 0 Å². The molecule has 0 saturated heterocycles. The molecule has 0 spiro atoms. The quantitative estimate of drug-likeness (QED) is 0.643. The highest BCUT2D eigenvalue weighted by molar-refractivity contribution is 7.86. The Balaban J connectivity index is 3.13. The second-order valence-corrected chi connectivity index (χ2v) is 5.71. The van der Waals surface area contributed by atoms with Gasteiger partial charge in [0.2, 0.25) is 5.91 Å². The number of hydrogen-bond acceptors (Lipinski definition) is 3. The first-order valence-electron chi connectivity index (χ1n) is 6.22. The van der Waals surface area contributed by atoms with Crippen molar-refractivity contribution in [2.24, 2.45) is 0 Å². The van der Waals surface area contributed by atoms with Gasteiger partial charge in [0.1, 0.15) is 4.90 Å². The lowest BCUT2D eigenvalue weighted by Gasteiger charge is -2.22. The minimum atomic E-state index is -4.34. The first-order chi connectivity index (χ1) is 8.88. The average molecular weight is 285 g/mol. The lowest BCUT2D eigenvalue weighted by molar-refractivity contribution is -0.116. The summed E-state index contributed by atoms with van der Waals surface area (Å²) in [7, 11) is -4.34. The zero-order valence-electron chi connectivity index (χ0n) is 11.2. The lowest BCUT2D eigenvalue weighted by atomic mass is 10.2. The van der Waals surface area contributed by atoms with Crippen LogP contribution in [0, 0.1) is 0 Å². The minimum Gasteiger partial charge on any atom is -0.311 e. The average Bonchev–Trinajstić information content (AvgIpc) is 2.33. The molecule has 1 amide bonds. The van der Waals surface area contributed by atoms with E-state index in [4.69, 9.17) is 0 Å². The normalized spacial score (nSPS) is 11.3. The van der Waals surface area contributed by atoms with Gasteiger partial charge in [-0.1, -0.05) is 31.9 Å². The summed E-state index contributed by atoms with van der Waals surface area (Å²) >= 11 is 0. The summed E-state index contributed by atoms with van der Waals surface area (Å²) in [4.78, 5) is 12.8. The van der Waals surface area contributed by atoms with E-state index in [0.717, 1.165) is 19.3 Å². The summed E-state index contributed by atoms with van der Waals surface area (Å²) in [6.45, 7) is 3.87. The van der Waals surface area contributed by atoms with Crippen molar-refractivity contribution in [3.8, 4) is 0 Å². The summed E-state index contributed by atoms with van der Waals surface area (Å²) in [5.74, 6) is -0.243. The number of unbranched alkanes of at least 4 members (excludes halogenated alkanes) is 2. The summed E-state index contributed by atoms with van der Waals surface area (Å²) in [6, 6.07) is 5.97. The smallest absolute Gasteiger partial charge is 0.296 e. The van der Waals surface area contributed by atoms with Gasteiger partial charge in [-0.15, -0.1) is 0 Å². The fraction of sp³-hybridized carbons (Fsp3) is 0.462. The van der Waals surface area contributed by atoms with Crippen molar-refractivity contribution in [2.75, 3.05) is 11.4 Å². The molecule has 0 radical (unpaired) electrons. The molecule has 0 fully saturated rings. The number of rotatable bonds is 6. The second-order valence-electron chi connectivity index (χ2n) is 4.32. The number of benzene rings is 1. The highest BCUT2D eigenvalue weighted by Crippen LogP contribution is 2.25. The van der Waals surface area contributed by atoms with Crippen molar-refractivity contribution in [1.82, 2.24) is 0 Å². The van der Waals surface area contributed by atoms with Gasteiger partial charge in [0.25, 0.3) is 10.1 Å². The highest BCUT2D eigenvalue weighted by Gasteiger charge is 2.21. The van der Waals surface area contributed by atoms with E-state index in [1.165, 1.54) is 30.0 Å². The van der Waals surface area contributed by atoms with Crippen molar-refractivity contribution in [1.29, 1.82) is 0 Å². The van der Waals surface area contributed by atoms with Crippen LogP contribution in [-0.4, -0.2) is 25.4 Å². The van der Waals surface area contributed by atoms with E-state index in [1.807, 2.05) is 6.92 Å². The van der Waals surface area contributed by atoms with Crippen LogP contribution in [0.1, 0.15) is 33.1 Å². The fourth-order valence-corrected chi connectivity index (χ4v) is 2.56. The zero-order valence-corrected chi connectivity index (χ0v) is 12.0. The van der Waals surface area contributed by atoms with Crippen LogP contribution >= 0.6 is 0 Å². The van der Waals surface area contributed by atoms with Gasteiger partial charge in [0.15, 0.2) is 0 Å². The van der Waals surface area contributed by atoms with Crippen LogP contribution in [0.4, 0.5) is 5.69 Å². The van der Waals surface area contributed by atoms with Crippen LogP contribution < -0.4 is 4.90 Å². The standard InChI is InChI=1S/C13H19NO4S/c1-3-4-7-10-14(11(2)15)12-8-5-6-9-13(12)19(16,17)18/h5-6,8-9H,3-4,7,10H2,1-2H3,(H,16,17,18). The van der Waals surface area contributed by atoms with Crippen molar-refractivity contribution in [2.45, 2.75) is 38.0 Å². The Hall–Kier alpha value is -1.40. The fourth-order valence-electron chi connectivity index (χ4n) is 1.87. The van der Waals surface area contributed by atoms with Crippen LogP contribution in [0.25, 0.3) is 0 Å². The second kappa shape index (κ2) is 6.68. The Labute approximate surface area is 114 Å². The molecule has 0 aliphatic rings. The van der Waals surface area contributed by atoms with Crippen molar-refractivity contribution >= 4 is 21.7 Å². The number of nitrogens with zero attached hydrogens (tertiary/aromatic N) is 1. The third kappa shape index (κ3) is 4.33. The van der Waals surface area contributed by atoms with Gasteiger partial charge in [-0.3, -0.25) is 9.35 Å². The van der Waals surface area contributed by atoms with Gasteiger partial charge in [-0.05, 0) is 18.6 Å². The van der Waals surface area contributed by atoms with Crippen molar-refractivity contribution < 1.29 is 17.8 Å². The van der Waals surface area contributed by atoms with E-state index in [0.29, 0.717) is 6.54 Å². The summed E-state index contributed by atoms with van der Waals surface area (Å²) < 4.78 is 31.9. The molecule has 19 heavy (non-hydrogen) atoms. The third-order valence-corrected chi connectivity index (χ3v) is 3.70. The first kappa shape index (κ1) is 15.7. The largest absolute Gasteiger partial charge is 0.311 e. The molecule has 6 heteroatoms. The van der Waals surface area contributed by atoms with Crippen LogP contribution in [-0.2, 0) is 14.9 Å². The van der Waals surface area contributed by atoms with E-state index < -0.39 is 10.1 Å². The van der Waals surface area contributed by atoms with Crippen LogP contribution in [0.5, 0.6) is 0 Å². The SMILES string of the molecule is CCCCCN(C(C)=O)c1ccccc1S(=O)(=O)O. The van der Waals surface area contributed by atoms with Gasteiger partial charge >= 0.3 is 0 Å². The topological polar surface area (TPSA) is 74.7 Å². The lowest BCUT2D eigenvalue weighted by Crippen LogP contribution is -2.30. The molecule has 1 rings (SSSR count). The molecule has 0 atom stereocenters. The number of carbonyl (C=O) groups excluding carboxylic acids is 1. The molecule has 1 aromatic carbocycles. The van der Waals surface area contributed by atoms with Gasteiger partial charge in [-0.2, -0.15) is 8.42 Å². The van der Waals surface area contributed by atoms with E-state index in [2.05, 4.69) is 0 Å². The number of anilines is 1. The molecule has 0 bridgehead atoms. The maximum Gasteiger partial charge on any atom is 0.296 e. The number of carbonyl (C=O) groups is 1. The van der Waals surface area contributed by atoms with Crippen molar-refractivity contribution in [3.63, 3.8) is 0 Å². The number of hydrogen-bond donors (Lipinski definition) is 1. The van der Waals surface area contributed by atoms with E-state index in [-0.39, 0.29) is 16.5 Å². The molecule has 1 aromatic rings. The Morgan fingerprint density at radius 2 is 1.89 bits per heavy atom. The summed E-state index contributed by atoms with van der Waals surface area (Å²) in [5, 5.41) is 0. The van der Waals surface area contributed by atoms with E-state index in [1.54, 1.807) is 6.07 Å². The molecule has 1 N–H and O–H groups in total. The maximum absolute atomic E-state index is 11.7. The number of para-hydroxylation sites is 1. The number of amides is 1. The molecule has 0 unspecified atom stereocenters. The van der Waals surface area contributed by atoms with Gasteiger partial charge in [0, 0.05) is 13.5 Å². The van der Waals surface area contributed by atoms with Crippen LogP contribution in [0.3, 0.4) is 0 Å². The molecule has 0 aliphatic carbocycles.